The van der Waals surface area contributed by atoms with Crippen LogP contribution in [0.1, 0.15) is 15.9 Å². The molecule has 1 N–H and O–H groups in total. The second-order valence-electron chi connectivity index (χ2n) is 6.09. The van der Waals surface area contributed by atoms with Crippen molar-refractivity contribution in [3.8, 4) is 5.69 Å². The summed E-state index contributed by atoms with van der Waals surface area (Å²) in [4.78, 5) is 16.6. The zero-order valence-corrected chi connectivity index (χ0v) is 15.8. The van der Waals surface area contributed by atoms with E-state index in [0.717, 1.165) is 9.99 Å². The third-order valence-electron chi connectivity index (χ3n) is 4.10. The first-order chi connectivity index (χ1) is 12.9. The van der Waals surface area contributed by atoms with Gasteiger partial charge in [0.15, 0.2) is 0 Å². The van der Waals surface area contributed by atoms with Crippen molar-refractivity contribution in [1.29, 1.82) is 0 Å². The number of carbonyl (C=O) groups is 1. The number of imidazole rings is 1. The van der Waals surface area contributed by atoms with Crippen LogP contribution in [0.15, 0.2) is 72.1 Å². The number of hydrogen-bond donors (Lipinski definition) is 1. The number of sulfonamides is 1. The average molecular weight is 384 g/mol. The summed E-state index contributed by atoms with van der Waals surface area (Å²) in [6.45, 7) is 0.116. The van der Waals surface area contributed by atoms with E-state index in [-0.39, 0.29) is 17.3 Å². The fourth-order valence-corrected chi connectivity index (χ4v) is 3.69. The van der Waals surface area contributed by atoms with Gasteiger partial charge in [-0.3, -0.25) is 4.79 Å². The van der Waals surface area contributed by atoms with E-state index in [1.165, 1.54) is 20.2 Å². The second-order valence-corrected chi connectivity index (χ2v) is 8.21. The molecule has 8 heteroatoms. The molecule has 3 rings (SSSR count). The van der Waals surface area contributed by atoms with Gasteiger partial charge < -0.3 is 9.88 Å². The van der Waals surface area contributed by atoms with Crippen molar-refractivity contribution in [3.05, 3.63) is 78.4 Å². The fourth-order valence-electron chi connectivity index (χ4n) is 2.57. The lowest BCUT2D eigenvalue weighted by molar-refractivity contribution is 0.0950. The Morgan fingerprint density at radius 1 is 1.11 bits per heavy atom. The summed E-state index contributed by atoms with van der Waals surface area (Å²) in [5, 5.41) is 2.78. The molecule has 0 unspecified atom stereocenters. The quantitative estimate of drug-likeness (QED) is 0.705. The maximum Gasteiger partial charge on any atom is 0.251 e. The summed E-state index contributed by atoms with van der Waals surface area (Å²) in [6, 6.07) is 13.7. The smallest absolute Gasteiger partial charge is 0.251 e. The van der Waals surface area contributed by atoms with Crippen LogP contribution in [0.2, 0.25) is 0 Å². The standard InChI is InChI=1S/C19H20N4O3S/c1-22(2)27(25,26)18-6-4-3-5-16(18)13-21-19(24)15-7-9-17(10-8-15)23-12-11-20-14-23/h3-12,14H,13H2,1-2H3,(H,21,24). The molecular weight excluding hydrogens is 364 g/mol. The predicted octanol–water partition coefficient (Wildman–Crippen LogP) is 2.05. The molecule has 1 aromatic heterocycles. The van der Waals surface area contributed by atoms with Gasteiger partial charge in [-0.05, 0) is 35.9 Å². The molecule has 27 heavy (non-hydrogen) atoms. The van der Waals surface area contributed by atoms with Crippen LogP contribution in [-0.4, -0.2) is 42.3 Å². The third kappa shape index (κ3) is 4.07. The first-order valence-electron chi connectivity index (χ1n) is 8.26. The van der Waals surface area contributed by atoms with Gasteiger partial charge in [0.2, 0.25) is 10.0 Å². The van der Waals surface area contributed by atoms with Gasteiger partial charge in [0.25, 0.3) is 5.91 Å². The minimum absolute atomic E-state index is 0.116. The summed E-state index contributed by atoms with van der Waals surface area (Å²) < 4.78 is 27.8. The summed E-state index contributed by atoms with van der Waals surface area (Å²) in [5.41, 5.74) is 1.92. The second kappa shape index (κ2) is 7.73. The molecule has 0 spiro atoms. The predicted molar refractivity (Wildman–Crippen MR) is 102 cm³/mol. The Kier molecular flexibility index (Phi) is 5.38. The van der Waals surface area contributed by atoms with E-state index in [9.17, 15) is 13.2 Å². The zero-order chi connectivity index (χ0) is 19.4. The lowest BCUT2D eigenvalue weighted by Crippen LogP contribution is -2.27. The van der Waals surface area contributed by atoms with Crippen LogP contribution in [0.25, 0.3) is 5.69 Å². The number of benzene rings is 2. The van der Waals surface area contributed by atoms with Crippen LogP contribution >= 0.6 is 0 Å². The third-order valence-corrected chi connectivity index (χ3v) is 6.02. The molecular formula is C19H20N4O3S. The number of aromatic nitrogens is 2. The van der Waals surface area contributed by atoms with Crippen molar-refractivity contribution in [2.75, 3.05) is 14.1 Å². The van der Waals surface area contributed by atoms with E-state index in [2.05, 4.69) is 10.3 Å². The SMILES string of the molecule is CN(C)S(=O)(=O)c1ccccc1CNC(=O)c1ccc(-n2ccnc2)cc1. The first kappa shape index (κ1) is 18.8. The number of nitrogens with zero attached hydrogens (tertiary/aromatic N) is 3. The van der Waals surface area contributed by atoms with Crippen molar-refractivity contribution in [2.45, 2.75) is 11.4 Å². The fraction of sp³-hybridized carbons (Fsp3) is 0.158. The number of amides is 1. The summed E-state index contributed by atoms with van der Waals surface area (Å²) in [5.74, 6) is -0.274. The molecule has 0 bridgehead atoms. The van der Waals surface area contributed by atoms with Gasteiger partial charge >= 0.3 is 0 Å². The van der Waals surface area contributed by atoms with E-state index >= 15 is 0 Å². The molecule has 140 valence electrons. The largest absolute Gasteiger partial charge is 0.348 e. The molecule has 0 saturated carbocycles. The Balaban J connectivity index is 1.73. The van der Waals surface area contributed by atoms with Crippen LogP contribution in [0.4, 0.5) is 0 Å². The van der Waals surface area contributed by atoms with Crippen LogP contribution < -0.4 is 5.32 Å². The van der Waals surface area contributed by atoms with Crippen LogP contribution in [0.3, 0.4) is 0 Å². The molecule has 0 aliphatic carbocycles. The Hall–Kier alpha value is -2.97. The molecule has 7 nitrogen and oxygen atoms in total. The lowest BCUT2D eigenvalue weighted by Gasteiger charge is -2.15. The molecule has 0 aliphatic heterocycles. The summed E-state index contributed by atoms with van der Waals surface area (Å²) in [6.07, 6.45) is 5.17. The topological polar surface area (TPSA) is 84.3 Å². The molecule has 0 atom stereocenters. The Morgan fingerprint density at radius 3 is 2.44 bits per heavy atom. The van der Waals surface area contributed by atoms with E-state index < -0.39 is 10.0 Å². The molecule has 3 aromatic rings. The van der Waals surface area contributed by atoms with E-state index in [4.69, 9.17) is 0 Å². The van der Waals surface area contributed by atoms with Crippen molar-refractivity contribution in [2.24, 2.45) is 0 Å². The Morgan fingerprint density at radius 2 is 1.81 bits per heavy atom. The average Bonchev–Trinajstić information content (AvgIpc) is 3.21. The molecule has 2 aromatic carbocycles. The number of carbonyl (C=O) groups excluding carboxylic acids is 1. The summed E-state index contributed by atoms with van der Waals surface area (Å²) in [7, 11) is -0.620. The molecule has 0 radical (unpaired) electrons. The maximum absolute atomic E-state index is 12.4. The highest BCUT2D eigenvalue weighted by Gasteiger charge is 2.20. The van der Waals surface area contributed by atoms with Crippen LogP contribution in [0, 0.1) is 0 Å². The molecule has 0 saturated heterocycles. The molecule has 1 amide bonds. The Labute approximate surface area is 158 Å². The monoisotopic (exact) mass is 384 g/mol. The number of nitrogens with one attached hydrogen (secondary N) is 1. The number of rotatable bonds is 6. The number of hydrogen-bond acceptors (Lipinski definition) is 4. The zero-order valence-electron chi connectivity index (χ0n) is 15.0. The minimum atomic E-state index is -3.58. The van der Waals surface area contributed by atoms with E-state index in [1.54, 1.807) is 42.9 Å². The summed E-state index contributed by atoms with van der Waals surface area (Å²) >= 11 is 0. The van der Waals surface area contributed by atoms with E-state index in [1.807, 2.05) is 22.9 Å². The normalized spacial score (nSPS) is 11.5. The van der Waals surface area contributed by atoms with Crippen molar-refractivity contribution >= 4 is 15.9 Å². The van der Waals surface area contributed by atoms with Crippen molar-refractivity contribution < 1.29 is 13.2 Å². The first-order valence-corrected chi connectivity index (χ1v) is 9.70. The van der Waals surface area contributed by atoms with Gasteiger partial charge in [-0.1, -0.05) is 18.2 Å². The molecule has 0 fully saturated rings. The minimum Gasteiger partial charge on any atom is -0.348 e. The Bertz CT molecular complexity index is 1030. The van der Waals surface area contributed by atoms with Gasteiger partial charge in [-0.15, -0.1) is 0 Å². The van der Waals surface area contributed by atoms with Crippen molar-refractivity contribution in [1.82, 2.24) is 19.2 Å². The maximum atomic E-state index is 12.4. The van der Waals surface area contributed by atoms with Gasteiger partial charge in [0.05, 0.1) is 11.2 Å². The van der Waals surface area contributed by atoms with Gasteiger partial charge in [0, 0.05) is 44.3 Å². The van der Waals surface area contributed by atoms with Crippen LogP contribution in [0.5, 0.6) is 0 Å². The van der Waals surface area contributed by atoms with E-state index in [0.29, 0.717) is 11.1 Å². The highest BCUT2D eigenvalue weighted by molar-refractivity contribution is 7.89. The lowest BCUT2D eigenvalue weighted by atomic mass is 10.1. The highest BCUT2D eigenvalue weighted by Crippen LogP contribution is 2.18. The molecule has 1 heterocycles. The van der Waals surface area contributed by atoms with Gasteiger partial charge in [-0.25, -0.2) is 17.7 Å². The van der Waals surface area contributed by atoms with Gasteiger partial charge in [-0.2, -0.15) is 0 Å². The van der Waals surface area contributed by atoms with Crippen molar-refractivity contribution in [3.63, 3.8) is 0 Å². The van der Waals surface area contributed by atoms with Crippen LogP contribution in [-0.2, 0) is 16.6 Å². The highest BCUT2D eigenvalue weighted by atomic mass is 32.2. The van der Waals surface area contributed by atoms with Gasteiger partial charge in [0.1, 0.15) is 0 Å². The molecule has 0 aliphatic rings.